The van der Waals surface area contributed by atoms with Gasteiger partial charge in [-0.2, -0.15) is 0 Å². The van der Waals surface area contributed by atoms with Crippen LogP contribution in [0.2, 0.25) is 6.82 Å². The molecule has 0 spiro atoms. The Kier molecular flexibility index (Phi) is 4.51. The summed E-state index contributed by atoms with van der Waals surface area (Å²) in [7, 11) is 0. The zero-order valence-electron chi connectivity index (χ0n) is 16.2. The van der Waals surface area contributed by atoms with Crippen molar-refractivity contribution in [3.63, 3.8) is 0 Å². The van der Waals surface area contributed by atoms with Gasteiger partial charge in [-0.05, 0) is 42.9 Å². The van der Waals surface area contributed by atoms with Gasteiger partial charge in [-0.1, -0.05) is 75.8 Å². The van der Waals surface area contributed by atoms with Crippen LogP contribution in [0, 0.1) is 0 Å². The van der Waals surface area contributed by atoms with Crippen molar-refractivity contribution in [3.8, 4) is 0 Å². The van der Waals surface area contributed by atoms with E-state index in [1.54, 1.807) is 0 Å². The predicted octanol–water partition coefficient (Wildman–Crippen LogP) is 5.03. The molecule has 3 rings (SSSR count). The zero-order chi connectivity index (χ0) is 17.6. The van der Waals surface area contributed by atoms with Crippen LogP contribution < -0.4 is 15.8 Å². The summed E-state index contributed by atoms with van der Waals surface area (Å²) in [4.78, 5) is 2.58. The Morgan fingerprint density at radius 1 is 0.792 bits per heavy atom. The molecule has 0 aromatic heterocycles. The number of benzene rings is 2. The molecular weight excluding hydrogens is 289 g/mol. The van der Waals surface area contributed by atoms with Crippen LogP contribution in [0.15, 0.2) is 36.4 Å². The molecule has 0 atom stereocenters. The lowest BCUT2D eigenvalue weighted by molar-refractivity contribution is 0.753. The lowest BCUT2D eigenvalue weighted by atomic mass is 9.40. The van der Waals surface area contributed by atoms with Crippen molar-refractivity contribution < 1.29 is 0 Å². The Hall–Kier alpha value is -1.70. The molecule has 1 nitrogen and oxygen atoms in total. The summed E-state index contributed by atoms with van der Waals surface area (Å²) in [6, 6.07) is 14.1. The van der Waals surface area contributed by atoms with E-state index in [0.717, 1.165) is 0 Å². The van der Waals surface area contributed by atoms with Gasteiger partial charge >= 0.3 is 0 Å². The van der Waals surface area contributed by atoms with Crippen molar-refractivity contribution in [1.29, 1.82) is 0 Å². The molecule has 24 heavy (non-hydrogen) atoms. The van der Waals surface area contributed by atoms with Crippen LogP contribution in [0.1, 0.15) is 64.5 Å². The van der Waals surface area contributed by atoms with E-state index in [1.165, 1.54) is 33.4 Å². The lowest BCUT2D eigenvalue weighted by Crippen LogP contribution is -2.51. The van der Waals surface area contributed by atoms with Crippen molar-refractivity contribution in [1.82, 2.24) is 0 Å². The molecule has 1 aliphatic rings. The van der Waals surface area contributed by atoms with Gasteiger partial charge in [-0.15, -0.1) is 0 Å². The predicted molar refractivity (Wildman–Crippen MR) is 109 cm³/mol. The monoisotopic (exact) mass is 319 g/mol. The molecule has 1 heterocycles. The van der Waals surface area contributed by atoms with E-state index < -0.39 is 0 Å². The highest BCUT2D eigenvalue weighted by Crippen LogP contribution is 2.39. The minimum Gasteiger partial charge on any atom is -0.340 e. The van der Waals surface area contributed by atoms with Gasteiger partial charge in [0.1, 0.15) is 0 Å². The lowest BCUT2D eigenvalue weighted by Gasteiger charge is -2.41. The number of anilines is 2. The van der Waals surface area contributed by atoms with Crippen molar-refractivity contribution in [3.05, 3.63) is 47.5 Å². The van der Waals surface area contributed by atoms with Crippen molar-refractivity contribution in [2.75, 3.05) is 4.90 Å². The molecule has 2 aromatic rings. The second kappa shape index (κ2) is 6.31. The van der Waals surface area contributed by atoms with Gasteiger partial charge in [0.15, 0.2) is 0 Å². The third-order valence-electron chi connectivity index (χ3n) is 5.37. The second-order valence-electron chi connectivity index (χ2n) is 8.06. The highest BCUT2D eigenvalue weighted by atomic mass is 15.2. The van der Waals surface area contributed by atoms with Gasteiger partial charge in [0.25, 0.3) is 0 Å². The van der Waals surface area contributed by atoms with Crippen LogP contribution in [0.25, 0.3) is 0 Å². The number of rotatable bonds is 3. The molecule has 2 aromatic carbocycles. The smallest absolute Gasteiger partial charge is 0.211 e. The highest BCUT2D eigenvalue weighted by Gasteiger charge is 2.34. The van der Waals surface area contributed by atoms with Crippen LogP contribution in [0.5, 0.6) is 0 Å². The first-order valence-corrected chi connectivity index (χ1v) is 9.39. The summed E-state index contributed by atoms with van der Waals surface area (Å²) in [5.74, 6) is 1.07. The summed E-state index contributed by atoms with van der Waals surface area (Å²) in [5, 5.41) is 0. The molecule has 126 valence electrons. The Balaban J connectivity index is 2.36. The fraction of sp³-hybridized carbons (Fsp3) is 0.455. The van der Waals surface area contributed by atoms with E-state index in [-0.39, 0.29) is 0 Å². The van der Waals surface area contributed by atoms with Gasteiger partial charge in [-0.3, -0.25) is 0 Å². The van der Waals surface area contributed by atoms with Crippen LogP contribution in [-0.2, 0) is 0 Å². The third kappa shape index (κ3) is 2.57. The Morgan fingerprint density at radius 3 is 2.04 bits per heavy atom. The van der Waals surface area contributed by atoms with Crippen LogP contribution >= 0.6 is 0 Å². The van der Waals surface area contributed by atoms with Crippen LogP contribution in [-0.4, -0.2) is 12.8 Å². The van der Waals surface area contributed by atoms with Crippen molar-refractivity contribution in [2.24, 2.45) is 0 Å². The maximum atomic E-state index is 2.58. The van der Waals surface area contributed by atoms with Crippen LogP contribution in [0.4, 0.5) is 11.4 Å². The van der Waals surface area contributed by atoms with E-state index >= 15 is 0 Å². The Labute approximate surface area is 148 Å². The quantitative estimate of drug-likeness (QED) is 0.717. The summed E-state index contributed by atoms with van der Waals surface area (Å²) < 4.78 is 0. The van der Waals surface area contributed by atoms with E-state index in [1.807, 2.05) is 0 Å². The topological polar surface area (TPSA) is 3.24 Å². The van der Waals surface area contributed by atoms with Crippen molar-refractivity contribution in [2.45, 2.75) is 66.2 Å². The maximum Gasteiger partial charge on any atom is 0.211 e. The maximum absolute atomic E-state index is 2.58. The summed E-state index contributed by atoms with van der Waals surface area (Å²) >= 11 is 0. The van der Waals surface area contributed by atoms with Gasteiger partial charge in [0, 0.05) is 17.4 Å². The Bertz CT molecular complexity index is 746. The highest BCUT2D eigenvalue weighted by molar-refractivity contribution is 6.87. The molecule has 0 aliphatic carbocycles. The molecule has 0 fully saturated rings. The average molecular weight is 319 g/mol. The largest absolute Gasteiger partial charge is 0.340 e. The first kappa shape index (κ1) is 17.1. The first-order chi connectivity index (χ1) is 11.3. The molecule has 0 radical (unpaired) electrons. The molecule has 0 bridgehead atoms. The molecule has 0 amide bonds. The van der Waals surface area contributed by atoms with Gasteiger partial charge in [0.2, 0.25) is 6.71 Å². The fourth-order valence-electron chi connectivity index (χ4n) is 4.27. The number of hydrogen-bond donors (Lipinski definition) is 0. The standard InChI is InChI=1S/C22H30BN/c1-14(2)17-12-13-19-22(21(17)15(3)4)24(16(5)6)20-11-9-8-10-18(20)23(19)7/h8-16H,1-7H3. The zero-order valence-corrected chi connectivity index (χ0v) is 16.2. The molecule has 0 saturated heterocycles. The van der Waals surface area contributed by atoms with Crippen LogP contribution in [0.3, 0.4) is 0 Å². The summed E-state index contributed by atoms with van der Waals surface area (Å²) in [5.41, 5.74) is 8.83. The molecule has 1 aliphatic heterocycles. The number of hydrogen-bond acceptors (Lipinski definition) is 1. The van der Waals surface area contributed by atoms with Gasteiger partial charge < -0.3 is 4.90 Å². The third-order valence-corrected chi connectivity index (χ3v) is 5.37. The molecule has 0 N–H and O–H groups in total. The number of para-hydroxylation sites is 1. The summed E-state index contributed by atoms with van der Waals surface area (Å²) in [6.45, 7) is 16.7. The number of nitrogens with zero attached hydrogens (tertiary/aromatic N) is 1. The molecule has 2 heteroatoms. The van der Waals surface area contributed by atoms with E-state index in [0.29, 0.717) is 24.6 Å². The van der Waals surface area contributed by atoms with Crippen molar-refractivity contribution >= 4 is 29.0 Å². The average Bonchev–Trinajstić information content (AvgIpc) is 2.53. The van der Waals surface area contributed by atoms with E-state index in [4.69, 9.17) is 0 Å². The van der Waals surface area contributed by atoms with E-state index in [9.17, 15) is 0 Å². The Morgan fingerprint density at radius 2 is 1.46 bits per heavy atom. The van der Waals surface area contributed by atoms with Gasteiger partial charge in [0.05, 0.1) is 0 Å². The molecule has 0 unspecified atom stereocenters. The molecule has 0 saturated carbocycles. The van der Waals surface area contributed by atoms with E-state index in [2.05, 4.69) is 89.7 Å². The SMILES string of the molecule is CB1c2ccccc2N(C(C)C)c2c1ccc(C(C)C)c2C(C)C. The number of fused-ring (bicyclic) bond motifs is 2. The second-order valence-corrected chi connectivity index (χ2v) is 8.06. The fourth-order valence-corrected chi connectivity index (χ4v) is 4.27. The minimum absolute atomic E-state index is 0.442. The molecular formula is C22H30BN. The van der Waals surface area contributed by atoms with Gasteiger partial charge in [-0.25, -0.2) is 0 Å². The first-order valence-electron chi connectivity index (χ1n) is 9.39. The summed E-state index contributed by atoms with van der Waals surface area (Å²) in [6.07, 6.45) is 0. The normalized spacial score (nSPS) is 13.8. The minimum atomic E-state index is 0.442.